The van der Waals surface area contributed by atoms with E-state index in [1.165, 1.54) is 0 Å². The summed E-state index contributed by atoms with van der Waals surface area (Å²) >= 11 is 0. The van der Waals surface area contributed by atoms with Gasteiger partial charge in [-0.1, -0.05) is 42.0 Å². The van der Waals surface area contributed by atoms with Crippen LogP contribution in [-0.4, -0.2) is 37.9 Å². The van der Waals surface area contributed by atoms with E-state index in [9.17, 15) is 25.2 Å². The second kappa shape index (κ2) is 10.3. The van der Waals surface area contributed by atoms with E-state index in [0.29, 0.717) is 23.5 Å². The average Bonchev–Trinajstić information content (AvgIpc) is 2.88. The molecule has 0 fully saturated rings. The van der Waals surface area contributed by atoms with Crippen LogP contribution >= 0.6 is 0 Å². The lowest BCUT2D eigenvalue weighted by molar-refractivity contribution is -0.147. The zero-order chi connectivity index (χ0) is 25.8. The Morgan fingerprint density at radius 1 is 0.971 bits per heavy atom. The van der Waals surface area contributed by atoms with E-state index in [0.717, 1.165) is 19.8 Å². The van der Waals surface area contributed by atoms with E-state index in [2.05, 4.69) is 12.1 Å². The van der Waals surface area contributed by atoms with Crippen molar-refractivity contribution in [2.75, 3.05) is 20.8 Å². The van der Waals surface area contributed by atoms with Crippen molar-refractivity contribution < 1.29 is 28.9 Å². The van der Waals surface area contributed by atoms with Crippen LogP contribution in [0.3, 0.4) is 0 Å². The predicted octanol–water partition coefficient (Wildman–Crippen LogP) is 4.08. The number of aliphatic hydroxyl groups is 1. The van der Waals surface area contributed by atoms with Crippen molar-refractivity contribution in [2.24, 2.45) is 11.3 Å². The number of rotatable bonds is 6. The molecule has 35 heavy (non-hydrogen) atoms. The van der Waals surface area contributed by atoms with Crippen molar-refractivity contribution in [1.82, 2.24) is 0 Å². The smallest absolute Gasteiger partial charge is 0.337 e. The predicted molar refractivity (Wildman–Crippen MR) is 125 cm³/mol. The van der Waals surface area contributed by atoms with Crippen molar-refractivity contribution >= 4 is 11.9 Å². The first kappa shape index (κ1) is 25.3. The molecular weight excluding hydrogens is 448 g/mol. The SMILES string of the molecule is CCOc1ccc([C@@H]2[C@H](C(=O)OC)C(O)=C(C(=O)OC)[C@@H](c3ccc(C)cc3)C2(C#N)C#N)cc1. The van der Waals surface area contributed by atoms with Gasteiger partial charge in [0.25, 0.3) is 0 Å². The molecule has 0 radical (unpaired) electrons. The number of benzene rings is 2. The van der Waals surface area contributed by atoms with E-state index in [-0.39, 0.29) is 5.57 Å². The first-order chi connectivity index (χ1) is 16.8. The number of ether oxygens (including phenoxy) is 3. The van der Waals surface area contributed by atoms with Gasteiger partial charge in [0.1, 0.15) is 17.4 Å². The molecule has 3 atom stereocenters. The summed E-state index contributed by atoms with van der Waals surface area (Å²) < 4.78 is 15.4. The van der Waals surface area contributed by atoms with Crippen LogP contribution in [0.1, 0.15) is 35.4 Å². The summed E-state index contributed by atoms with van der Waals surface area (Å²) in [5.41, 5.74) is -0.495. The number of methoxy groups -OCH3 is 2. The van der Waals surface area contributed by atoms with Gasteiger partial charge in [-0.2, -0.15) is 10.5 Å². The second-order valence-electron chi connectivity index (χ2n) is 8.21. The normalized spacial score (nSPS) is 20.8. The van der Waals surface area contributed by atoms with Gasteiger partial charge in [0.2, 0.25) is 0 Å². The molecule has 0 aliphatic heterocycles. The highest BCUT2D eigenvalue weighted by molar-refractivity contribution is 5.94. The van der Waals surface area contributed by atoms with E-state index in [1.54, 1.807) is 48.5 Å². The maximum Gasteiger partial charge on any atom is 0.337 e. The number of nitrogens with zero attached hydrogens (tertiary/aromatic N) is 2. The summed E-state index contributed by atoms with van der Waals surface area (Å²) in [6.07, 6.45) is 0. The van der Waals surface area contributed by atoms with Crippen LogP contribution in [0.2, 0.25) is 0 Å². The molecule has 0 heterocycles. The highest BCUT2D eigenvalue weighted by Crippen LogP contribution is 2.59. The molecule has 1 N–H and O–H groups in total. The van der Waals surface area contributed by atoms with Crippen LogP contribution in [0.15, 0.2) is 59.9 Å². The summed E-state index contributed by atoms with van der Waals surface area (Å²) in [6.45, 7) is 4.15. The minimum Gasteiger partial charge on any atom is -0.511 e. The summed E-state index contributed by atoms with van der Waals surface area (Å²) in [7, 11) is 2.26. The number of carbonyl (C=O) groups is 2. The van der Waals surface area contributed by atoms with Crippen molar-refractivity contribution in [3.8, 4) is 17.9 Å². The maximum absolute atomic E-state index is 13.0. The molecule has 3 rings (SSSR count). The first-order valence-corrected chi connectivity index (χ1v) is 11.0. The fraction of sp³-hybridized carbons (Fsp3) is 0.333. The Hall–Kier alpha value is -4.30. The van der Waals surface area contributed by atoms with Crippen LogP contribution in [0.25, 0.3) is 0 Å². The van der Waals surface area contributed by atoms with Gasteiger partial charge >= 0.3 is 11.9 Å². The van der Waals surface area contributed by atoms with Crippen molar-refractivity contribution in [3.63, 3.8) is 0 Å². The van der Waals surface area contributed by atoms with Gasteiger partial charge in [-0.25, -0.2) is 4.79 Å². The molecular formula is C27H26N2O6. The lowest BCUT2D eigenvalue weighted by Crippen LogP contribution is -2.47. The molecule has 180 valence electrons. The molecule has 0 spiro atoms. The van der Waals surface area contributed by atoms with Crippen LogP contribution in [0.5, 0.6) is 5.75 Å². The summed E-state index contributed by atoms with van der Waals surface area (Å²) in [5, 5.41) is 32.4. The standard InChI is InChI=1S/C27H26N2O6/c1-5-35-19-12-10-18(11-13-19)23-21(26(32)34-4)24(30)20(25(31)33-3)22(27(23,14-28)15-29)17-8-6-16(2)7-9-17/h6-13,21-23,30H,5H2,1-4H3/t21-,22+,23+/m0/s1. The number of esters is 2. The fourth-order valence-corrected chi connectivity index (χ4v) is 4.73. The minimum absolute atomic E-state index is 0.322. The molecule has 0 bridgehead atoms. The van der Waals surface area contributed by atoms with Gasteiger partial charge in [0, 0.05) is 5.92 Å². The highest BCUT2D eigenvalue weighted by Gasteiger charge is 2.61. The molecule has 0 saturated carbocycles. The van der Waals surface area contributed by atoms with Crippen molar-refractivity contribution in [2.45, 2.75) is 25.7 Å². The number of nitriles is 2. The van der Waals surface area contributed by atoms with E-state index < -0.39 is 40.9 Å². The second-order valence-corrected chi connectivity index (χ2v) is 8.21. The van der Waals surface area contributed by atoms with Gasteiger partial charge in [-0.15, -0.1) is 0 Å². The third-order valence-electron chi connectivity index (χ3n) is 6.33. The Morgan fingerprint density at radius 3 is 2.03 bits per heavy atom. The van der Waals surface area contributed by atoms with Crippen molar-refractivity contribution in [1.29, 1.82) is 10.5 Å². The van der Waals surface area contributed by atoms with Crippen LogP contribution in [0, 0.1) is 40.9 Å². The largest absolute Gasteiger partial charge is 0.511 e. The molecule has 0 amide bonds. The Labute approximate surface area is 204 Å². The topological polar surface area (TPSA) is 130 Å². The summed E-state index contributed by atoms with van der Waals surface area (Å²) in [6, 6.07) is 17.7. The highest BCUT2D eigenvalue weighted by atomic mass is 16.5. The molecule has 2 aromatic carbocycles. The zero-order valence-electron chi connectivity index (χ0n) is 19.9. The molecule has 8 nitrogen and oxygen atoms in total. The fourth-order valence-electron chi connectivity index (χ4n) is 4.73. The number of hydrogen-bond acceptors (Lipinski definition) is 8. The average molecular weight is 475 g/mol. The van der Waals surface area contributed by atoms with E-state index in [1.807, 2.05) is 13.8 Å². The summed E-state index contributed by atoms with van der Waals surface area (Å²) in [4.78, 5) is 25.9. The molecule has 2 aromatic rings. The third-order valence-corrected chi connectivity index (χ3v) is 6.33. The lowest BCUT2D eigenvalue weighted by Gasteiger charge is -2.44. The number of hydrogen-bond donors (Lipinski definition) is 1. The Balaban J connectivity index is 2.42. The molecule has 1 aliphatic rings. The number of carbonyl (C=O) groups excluding carboxylic acids is 2. The molecule has 0 unspecified atom stereocenters. The monoisotopic (exact) mass is 474 g/mol. The van der Waals surface area contributed by atoms with Crippen LogP contribution < -0.4 is 4.74 Å². The van der Waals surface area contributed by atoms with Crippen LogP contribution in [-0.2, 0) is 19.1 Å². The van der Waals surface area contributed by atoms with Gasteiger partial charge < -0.3 is 19.3 Å². The number of aliphatic hydroxyl groups excluding tert-OH is 1. The molecule has 0 saturated heterocycles. The molecule has 8 heteroatoms. The van der Waals surface area contributed by atoms with Gasteiger partial charge in [-0.05, 0) is 37.1 Å². The van der Waals surface area contributed by atoms with Gasteiger partial charge in [0.05, 0.1) is 44.5 Å². The maximum atomic E-state index is 13.0. The lowest BCUT2D eigenvalue weighted by atomic mass is 9.54. The quantitative estimate of drug-likeness (QED) is 0.620. The Morgan fingerprint density at radius 2 is 1.54 bits per heavy atom. The zero-order valence-corrected chi connectivity index (χ0v) is 19.9. The van der Waals surface area contributed by atoms with Gasteiger partial charge in [0.15, 0.2) is 5.41 Å². The Bertz CT molecular complexity index is 1200. The summed E-state index contributed by atoms with van der Waals surface area (Å²) in [5.74, 6) is -5.72. The molecule has 0 aromatic heterocycles. The van der Waals surface area contributed by atoms with Crippen molar-refractivity contribution in [3.05, 3.63) is 76.6 Å². The van der Waals surface area contributed by atoms with Gasteiger partial charge in [-0.3, -0.25) is 4.79 Å². The first-order valence-electron chi connectivity index (χ1n) is 11.0. The van der Waals surface area contributed by atoms with Crippen LogP contribution in [0.4, 0.5) is 0 Å². The Kier molecular flexibility index (Phi) is 7.46. The van der Waals surface area contributed by atoms with E-state index in [4.69, 9.17) is 14.2 Å². The van der Waals surface area contributed by atoms with E-state index >= 15 is 0 Å². The third kappa shape index (κ3) is 4.31. The number of aryl methyl sites for hydroxylation is 1. The minimum atomic E-state index is -1.98. The molecule has 1 aliphatic carbocycles.